The van der Waals surface area contributed by atoms with Crippen LogP contribution in [0, 0.1) is 34.4 Å². The number of nitrogens with zero attached hydrogens (tertiary/aromatic N) is 6. The van der Waals surface area contributed by atoms with Gasteiger partial charge in [0.15, 0.2) is 0 Å². The molecule has 0 amide bonds. The number of benzene rings is 1. The Morgan fingerprint density at radius 2 is 1.77 bits per heavy atom. The summed E-state index contributed by atoms with van der Waals surface area (Å²) in [4.78, 5) is 22.0. The summed E-state index contributed by atoms with van der Waals surface area (Å²) >= 11 is 0. The molecule has 2 aromatic heterocycles. The van der Waals surface area contributed by atoms with Crippen LogP contribution >= 0.6 is 0 Å². The van der Waals surface area contributed by atoms with Crippen molar-refractivity contribution >= 4 is 22.4 Å². The van der Waals surface area contributed by atoms with Gasteiger partial charge in [-0.25, -0.2) is 9.37 Å². The summed E-state index contributed by atoms with van der Waals surface area (Å²) in [7, 11) is 3.54. The molecule has 1 aromatic carbocycles. The largest absolute Gasteiger partial charge is 0.381 e. The fourth-order valence-electron chi connectivity index (χ4n) is 6.17. The number of aryl methyl sites for hydroxylation is 1. The Morgan fingerprint density at radius 3 is 2.41 bits per heavy atom. The highest BCUT2D eigenvalue weighted by atomic mass is 19.1. The lowest BCUT2D eigenvalue weighted by molar-refractivity contribution is 0.0562. The van der Waals surface area contributed by atoms with E-state index in [1.165, 1.54) is 16.7 Å². The summed E-state index contributed by atoms with van der Waals surface area (Å²) in [6.45, 7) is 2.44. The molecule has 1 saturated carbocycles. The number of nitriles is 2. The van der Waals surface area contributed by atoms with Gasteiger partial charge in [-0.1, -0.05) is 0 Å². The van der Waals surface area contributed by atoms with Gasteiger partial charge in [-0.2, -0.15) is 10.5 Å². The quantitative estimate of drug-likeness (QED) is 0.465. The van der Waals surface area contributed by atoms with Gasteiger partial charge in [0.2, 0.25) is 0 Å². The van der Waals surface area contributed by atoms with Crippen LogP contribution in [0.4, 0.5) is 15.8 Å². The van der Waals surface area contributed by atoms with Crippen molar-refractivity contribution < 1.29 is 9.13 Å². The monoisotopic (exact) mass is 528 g/mol. The molecule has 3 aromatic rings. The maximum atomic E-state index is 13.7. The number of hydrogen-bond donors (Lipinski definition) is 0. The average Bonchev–Trinajstić information content (AvgIpc) is 2.98. The molecule has 8 nitrogen and oxygen atoms in total. The number of ether oxygens (including phenoxy) is 1. The SMILES string of the molecule is CN(c1c(C#N)c(=O)n(C)c2ccc(C#N)nc12)C1CCC(N(CC2CCCOC2)c2ccc(F)cc2)CC1. The highest BCUT2D eigenvalue weighted by Gasteiger charge is 2.32. The van der Waals surface area contributed by atoms with E-state index in [0.717, 1.165) is 64.0 Å². The van der Waals surface area contributed by atoms with Crippen molar-refractivity contribution in [2.75, 3.05) is 36.6 Å². The number of hydrogen-bond acceptors (Lipinski definition) is 7. The van der Waals surface area contributed by atoms with Gasteiger partial charge in [0.05, 0.1) is 17.8 Å². The third-order valence-corrected chi connectivity index (χ3v) is 8.32. The first kappa shape index (κ1) is 26.6. The molecule has 9 heteroatoms. The van der Waals surface area contributed by atoms with Gasteiger partial charge in [0.1, 0.15) is 34.7 Å². The van der Waals surface area contributed by atoms with Gasteiger partial charge in [-0.05, 0) is 80.8 Å². The minimum Gasteiger partial charge on any atom is -0.381 e. The molecule has 0 bridgehead atoms. The Hall–Kier alpha value is -3.95. The van der Waals surface area contributed by atoms with Crippen LogP contribution in [0.1, 0.15) is 49.8 Å². The molecule has 202 valence electrons. The van der Waals surface area contributed by atoms with Gasteiger partial charge >= 0.3 is 0 Å². The van der Waals surface area contributed by atoms with Gasteiger partial charge in [-0.3, -0.25) is 4.79 Å². The van der Waals surface area contributed by atoms with Gasteiger partial charge in [0.25, 0.3) is 5.56 Å². The van der Waals surface area contributed by atoms with Gasteiger partial charge in [0, 0.05) is 45.0 Å². The van der Waals surface area contributed by atoms with E-state index in [4.69, 9.17) is 4.74 Å². The highest BCUT2D eigenvalue weighted by Crippen LogP contribution is 2.35. The zero-order chi connectivity index (χ0) is 27.5. The molecule has 0 spiro atoms. The normalized spacial score (nSPS) is 21.2. The predicted molar refractivity (Wildman–Crippen MR) is 148 cm³/mol. The van der Waals surface area contributed by atoms with Crippen molar-refractivity contribution in [3.05, 3.63) is 63.8 Å². The number of halogens is 1. The van der Waals surface area contributed by atoms with Crippen LogP contribution < -0.4 is 15.4 Å². The van der Waals surface area contributed by atoms with E-state index in [1.54, 1.807) is 19.2 Å². The Morgan fingerprint density at radius 1 is 1.05 bits per heavy atom. The third-order valence-electron chi connectivity index (χ3n) is 8.32. The molecule has 1 atom stereocenters. The zero-order valence-electron chi connectivity index (χ0n) is 22.4. The topological polar surface area (TPSA) is 98.2 Å². The number of pyridine rings is 2. The Bertz CT molecular complexity index is 1480. The van der Waals surface area contributed by atoms with Crippen molar-refractivity contribution in [3.63, 3.8) is 0 Å². The van der Waals surface area contributed by atoms with E-state index >= 15 is 0 Å². The summed E-state index contributed by atoms with van der Waals surface area (Å²) in [6.07, 6.45) is 5.75. The van der Waals surface area contributed by atoms with Crippen molar-refractivity contribution in [2.45, 2.75) is 50.6 Å². The van der Waals surface area contributed by atoms with E-state index in [0.29, 0.717) is 28.7 Å². The molecule has 0 N–H and O–H groups in total. The Balaban J connectivity index is 1.41. The maximum absolute atomic E-state index is 13.7. The molecule has 1 saturated heterocycles. The second kappa shape index (κ2) is 11.4. The number of anilines is 2. The summed E-state index contributed by atoms with van der Waals surface area (Å²) in [5.74, 6) is 0.197. The molecule has 1 aliphatic carbocycles. The van der Waals surface area contributed by atoms with Crippen LogP contribution in [0.3, 0.4) is 0 Å². The second-order valence-electron chi connectivity index (χ2n) is 10.7. The molecule has 1 aliphatic heterocycles. The minimum atomic E-state index is -0.371. The summed E-state index contributed by atoms with van der Waals surface area (Å²) in [6, 6.07) is 14.6. The summed E-state index contributed by atoms with van der Waals surface area (Å²) in [5.41, 5.74) is 2.51. The van der Waals surface area contributed by atoms with E-state index in [1.807, 2.05) is 24.1 Å². The zero-order valence-corrected chi connectivity index (χ0v) is 22.4. The maximum Gasteiger partial charge on any atom is 0.270 e. The smallest absolute Gasteiger partial charge is 0.270 e. The fourth-order valence-corrected chi connectivity index (χ4v) is 6.17. The molecule has 2 fully saturated rings. The average molecular weight is 529 g/mol. The lowest BCUT2D eigenvalue weighted by atomic mass is 9.87. The lowest BCUT2D eigenvalue weighted by Gasteiger charge is -2.43. The number of fused-ring (bicyclic) bond motifs is 1. The first-order valence-electron chi connectivity index (χ1n) is 13.6. The van der Waals surface area contributed by atoms with Crippen LogP contribution in [-0.2, 0) is 11.8 Å². The molecular formula is C30H33FN6O2. The van der Waals surface area contributed by atoms with Crippen LogP contribution in [0.15, 0.2) is 41.2 Å². The molecule has 5 rings (SSSR count). The lowest BCUT2D eigenvalue weighted by Crippen LogP contribution is -2.46. The molecule has 39 heavy (non-hydrogen) atoms. The number of rotatable bonds is 6. The molecule has 1 unspecified atom stereocenters. The van der Waals surface area contributed by atoms with Crippen LogP contribution in [0.2, 0.25) is 0 Å². The van der Waals surface area contributed by atoms with E-state index in [-0.39, 0.29) is 28.7 Å². The molecule has 2 aliphatic rings. The highest BCUT2D eigenvalue weighted by molar-refractivity contribution is 5.92. The molecule has 0 radical (unpaired) electrons. The van der Waals surface area contributed by atoms with Crippen molar-refractivity contribution in [3.8, 4) is 12.1 Å². The van der Waals surface area contributed by atoms with Crippen molar-refractivity contribution in [1.29, 1.82) is 10.5 Å². The van der Waals surface area contributed by atoms with Crippen LogP contribution in [0.25, 0.3) is 11.0 Å². The first-order valence-corrected chi connectivity index (χ1v) is 13.6. The van der Waals surface area contributed by atoms with Crippen molar-refractivity contribution in [2.24, 2.45) is 13.0 Å². The van der Waals surface area contributed by atoms with E-state index < -0.39 is 0 Å². The Labute approximate surface area is 227 Å². The second-order valence-corrected chi connectivity index (χ2v) is 10.7. The Kier molecular flexibility index (Phi) is 7.81. The van der Waals surface area contributed by atoms with E-state index in [9.17, 15) is 19.7 Å². The first-order chi connectivity index (χ1) is 18.9. The summed E-state index contributed by atoms with van der Waals surface area (Å²) < 4.78 is 20.9. The predicted octanol–water partition coefficient (Wildman–Crippen LogP) is 4.50. The van der Waals surface area contributed by atoms with Crippen LogP contribution in [0.5, 0.6) is 0 Å². The van der Waals surface area contributed by atoms with Crippen LogP contribution in [-0.4, -0.2) is 48.4 Å². The fraction of sp³-hybridized carbons (Fsp3) is 0.467. The number of aromatic nitrogens is 2. The van der Waals surface area contributed by atoms with Crippen molar-refractivity contribution in [1.82, 2.24) is 9.55 Å². The minimum absolute atomic E-state index is 0.0439. The molecule has 3 heterocycles. The van der Waals surface area contributed by atoms with Gasteiger partial charge < -0.3 is 19.1 Å². The third kappa shape index (κ3) is 5.32. The summed E-state index contributed by atoms with van der Waals surface area (Å²) in [5, 5.41) is 19.4. The van der Waals surface area contributed by atoms with E-state index in [2.05, 4.69) is 22.0 Å². The molecular weight excluding hydrogens is 495 g/mol. The van der Waals surface area contributed by atoms with Gasteiger partial charge in [-0.15, -0.1) is 0 Å². The standard InChI is InChI=1S/C30H33FN6O2/c1-35(29-26(17-33)30(38)36(2)27-14-7-22(16-32)34-28(27)29)23-10-12-25(13-11-23)37(18-20-4-3-15-39-19-20)24-8-5-21(31)6-9-24/h5-9,14,20,23,25H,3-4,10-13,15,18-19H2,1-2H3.